The van der Waals surface area contributed by atoms with Gasteiger partial charge in [0.2, 0.25) is 5.95 Å². The van der Waals surface area contributed by atoms with Gasteiger partial charge in [-0.25, -0.2) is 4.98 Å². The number of ether oxygens (including phenoxy) is 1. The van der Waals surface area contributed by atoms with Crippen molar-refractivity contribution < 1.29 is 4.74 Å². The Morgan fingerprint density at radius 3 is 2.95 bits per heavy atom. The van der Waals surface area contributed by atoms with Gasteiger partial charge in [0.1, 0.15) is 0 Å². The number of nitrogens with one attached hydrogen (secondary N) is 2. The molecule has 0 bridgehead atoms. The fourth-order valence-electron chi connectivity index (χ4n) is 1.94. The normalized spacial score (nSPS) is 11.1. The van der Waals surface area contributed by atoms with Gasteiger partial charge in [-0.15, -0.1) is 0 Å². The number of unbranched alkanes of at least 4 members (excludes halogenated alkanes) is 1. The standard InChI is InChI=1S/C15H23N3O/c1-3-4-9-19-10-5-8-16-15-17-13-7-6-12(2)11-14(13)18-15/h6-7,11H,3-5,8-10H2,1-2H3,(H2,16,17,18). The molecule has 0 unspecified atom stereocenters. The van der Waals surface area contributed by atoms with Crippen LogP contribution in [0.15, 0.2) is 18.2 Å². The van der Waals surface area contributed by atoms with Crippen LogP contribution in [-0.2, 0) is 4.74 Å². The topological polar surface area (TPSA) is 49.9 Å². The molecule has 0 amide bonds. The summed E-state index contributed by atoms with van der Waals surface area (Å²) in [4.78, 5) is 7.78. The number of benzene rings is 1. The number of fused-ring (bicyclic) bond motifs is 1. The highest BCUT2D eigenvalue weighted by Gasteiger charge is 2.01. The zero-order valence-electron chi connectivity index (χ0n) is 11.8. The SMILES string of the molecule is CCCCOCCCNc1nc2ccc(C)cc2[nH]1. The molecule has 2 N–H and O–H groups in total. The molecule has 0 atom stereocenters. The quantitative estimate of drug-likeness (QED) is 0.715. The molecule has 0 spiro atoms. The van der Waals surface area contributed by atoms with E-state index in [9.17, 15) is 0 Å². The smallest absolute Gasteiger partial charge is 0.201 e. The molecule has 0 fully saturated rings. The maximum atomic E-state index is 5.52. The van der Waals surface area contributed by atoms with Crippen LogP contribution in [0, 0.1) is 6.92 Å². The minimum absolute atomic E-state index is 0.812. The first-order chi connectivity index (χ1) is 9.29. The maximum absolute atomic E-state index is 5.52. The van der Waals surface area contributed by atoms with Crippen molar-refractivity contribution in [2.45, 2.75) is 33.1 Å². The highest BCUT2D eigenvalue weighted by Crippen LogP contribution is 2.15. The van der Waals surface area contributed by atoms with Gasteiger partial charge < -0.3 is 15.0 Å². The summed E-state index contributed by atoms with van der Waals surface area (Å²) in [6, 6.07) is 6.23. The Morgan fingerprint density at radius 1 is 1.26 bits per heavy atom. The first kappa shape index (κ1) is 13.9. The molecule has 1 heterocycles. The van der Waals surface area contributed by atoms with Gasteiger partial charge in [0, 0.05) is 19.8 Å². The summed E-state index contributed by atoms with van der Waals surface area (Å²) in [6.07, 6.45) is 3.34. The zero-order valence-corrected chi connectivity index (χ0v) is 11.8. The van der Waals surface area contributed by atoms with Crippen LogP contribution in [0.3, 0.4) is 0 Å². The molecule has 104 valence electrons. The lowest BCUT2D eigenvalue weighted by molar-refractivity contribution is 0.131. The summed E-state index contributed by atoms with van der Waals surface area (Å²) in [6.45, 7) is 6.83. The molecule has 2 rings (SSSR count). The Balaban J connectivity index is 1.72. The van der Waals surface area contributed by atoms with E-state index in [0.29, 0.717) is 0 Å². The van der Waals surface area contributed by atoms with Crippen LogP contribution in [0.2, 0.25) is 0 Å². The maximum Gasteiger partial charge on any atom is 0.201 e. The van der Waals surface area contributed by atoms with Crippen LogP contribution in [0.4, 0.5) is 5.95 Å². The molecule has 0 saturated heterocycles. The number of hydrogen-bond donors (Lipinski definition) is 2. The van der Waals surface area contributed by atoms with E-state index in [1.54, 1.807) is 0 Å². The largest absolute Gasteiger partial charge is 0.381 e. The summed E-state index contributed by atoms with van der Waals surface area (Å²) in [5.41, 5.74) is 3.33. The molecule has 4 nitrogen and oxygen atoms in total. The number of imidazole rings is 1. The average molecular weight is 261 g/mol. The van der Waals surface area contributed by atoms with E-state index >= 15 is 0 Å². The zero-order chi connectivity index (χ0) is 13.5. The fourth-order valence-corrected chi connectivity index (χ4v) is 1.94. The van der Waals surface area contributed by atoms with Crippen molar-refractivity contribution in [1.82, 2.24) is 9.97 Å². The molecule has 2 aromatic rings. The summed E-state index contributed by atoms with van der Waals surface area (Å²) in [5, 5.41) is 3.30. The second kappa shape index (κ2) is 7.14. The number of aromatic nitrogens is 2. The summed E-state index contributed by atoms with van der Waals surface area (Å²) < 4.78 is 5.52. The third kappa shape index (κ3) is 4.24. The number of hydrogen-bond acceptors (Lipinski definition) is 3. The number of H-pyrrole nitrogens is 1. The van der Waals surface area contributed by atoms with Crippen LogP contribution in [0.5, 0.6) is 0 Å². The van der Waals surface area contributed by atoms with E-state index < -0.39 is 0 Å². The van der Waals surface area contributed by atoms with Gasteiger partial charge in [-0.3, -0.25) is 0 Å². The molecule has 0 aliphatic carbocycles. The second-order valence-corrected chi connectivity index (χ2v) is 4.85. The number of nitrogens with zero attached hydrogens (tertiary/aromatic N) is 1. The van der Waals surface area contributed by atoms with E-state index in [0.717, 1.165) is 49.6 Å². The molecular formula is C15H23N3O. The first-order valence-corrected chi connectivity index (χ1v) is 7.07. The Hall–Kier alpha value is -1.55. The lowest BCUT2D eigenvalue weighted by atomic mass is 10.2. The molecule has 1 aromatic carbocycles. The van der Waals surface area contributed by atoms with E-state index in [4.69, 9.17) is 4.74 Å². The predicted octanol–water partition coefficient (Wildman–Crippen LogP) is 3.49. The van der Waals surface area contributed by atoms with Crippen LogP contribution < -0.4 is 5.32 Å². The number of anilines is 1. The van der Waals surface area contributed by atoms with Crippen molar-refractivity contribution in [3.8, 4) is 0 Å². The van der Waals surface area contributed by atoms with Gasteiger partial charge in [0.05, 0.1) is 11.0 Å². The third-order valence-electron chi connectivity index (χ3n) is 3.04. The average Bonchev–Trinajstić information content (AvgIpc) is 2.79. The second-order valence-electron chi connectivity index (χ2n) is 4.85. The van der Waals surface area contributed by atoms with Gasteiger partial charge in [0.15, 0.2) is 0 Å². The van der Waals surface area contributed by atoms with E-state index in [2.05, 4.69) is 41.3 Å². The Bertz CT molecular complexity index is 507. The van der Waals surface area contributed by atoms with E-state index in [1.165, 1.54) is 12.0 Å². The van der Waals surface area contributed by atoms with Crippen molar-refractivity contribution in [3.63, 3.8) is 0 Å². The highest BCUT2D eigenvalue weighted by atomic mass is 16.5. The van der Waals surface area contributed by atoms with Crippen molar-refractivity contribution in [3.05, 3.63) is 23.8 Å². The molecule has 0 aliphatic heterocycles. The van der Waals surface area contributed by atoms with E-state index in [1.807, 2.05) is 6.07 Å². The van der Waals surface area contributed by atoms with Gasteiger partial charge in [-0.2, -0.15) is 0 Å². The van der Waals surface area contributed by atoms with Crippen LogP contribution >= 0.6 is 0 Å². The van der Waals surface area contributed by atoms with Gasteiger partial charge in [0.25, 0.3) is 0 Å². The monoisotopic (exact) mass is 261 g/mol. The summed E-state index contributed by atoms with van der Waals surface area (Å²) in [5.74, 6) is 0.842. The van der Waals surface area contributed by atoms with Gasteiger partial charge in [-0.05, 0) is 37.5 Å². The molecule has 0 aliphatic rings. The number of aromatic amines is 1. The van der Waals surface area contributed by atoms with Crippen LogP contribution in [-0.4, -0.2) is 29.7 Å². The van der Waals surface area contributed by atoms with E-state index in [-0.39, 0.29) is 0 Å². The predicted molar refractivity (Wildman–Crippen MR) is 79.7 cm³/mol. The summed E-state index contributed by atoms with van der Waals surface area (Å²) in [7, 11) is 0. The van der Waals surface area contributed by atoms with Gasteiger partial charge in [-0.1, -0.05) is 19.4 Å². The highest BCUT2D eigenvalue weighted by molar-refractivity contribution is 5.78. The first-order valence-electron chi connectivity index (χ1n) is 7.07. The fraction of sp³-hybridized carbons (Fsp3) is 0.533. The Labute approximate surface area is 114 Å². The summed E-state index contributed by atoms with van der Waals surface area (Å²) >= 11 is 0. The minimum atomic E-state index is 0.812. The third-order valence-corrected chi connectivity index (χ3v) is 3.04. The molecule has 19 heavy (non-hydrogen) atoms. The number of rotatable bonds is 8. The Morgan fingerprint density at radius 2 is 2.11 bits per heavy atom. The lowest BCUT2D eigenvalue weighted by Crippen LogP contribution is -2.07. The lowest BCUT2D eigenvalue weighted by Gasteiger charge is -2.04. The van der Waals surface area contributed by atoms with Crippen molar-refractivity contribution in [2.75, 3.05) is 25.1 Å². The Kier molecular flexibility index (Phi) is 5.21. The van der Waals surface area contributed by atoms with Crippen LogP contribution in [0.1, 0.15) is 31.7 Å². The minimum Gasteiger partial charge on any atom is -0.381 e. The van der Waals surface area contributed by atoms with Crippen molar-refractivity contribution in [1.29, 1.82) is 0 Å². The molecule has 1 aromatic heterocycles. The molecule has 4 heteroatoms. The number of aryl methyl sites for hydroxylation is 1. The van der Waals surface area contributed by atoms with Crippen molar-refractivity contribution >= 4 is 17.0 Å². The van der Waals surface area contributed by atoms with Crippen LogP contribution in [0.25, 0.3) is 11.0 Å². The van der Waals surface area contributed by atoms with Gasteiger partial charge >= 0.3 is 0 Å². The molecule has 0 saturated carbocycles. The molecular weight excluding hydrogens is 238 g/mol. The van der Waals surface area contributed by atoms with Crippen molar-refractivity contribution in [2.24, 2.45) is 0 Å². The molecule has 0 radical (unpaired) electrons.